The van der Waals surface area contributed by atoms with Crippen LogP contribution < -0.4 is 0 Å². The summed E-state index contributed by atoms with van der Waals surface area (Å²) in [4.78, 5) is 0. The first-order valence-electron chi connectivity index (χ1n) is 7.41. The minimum Gasteiger partial charge on any atom is -0.381 e. The molecule has 114 valence electrons. The second kappa shape index (κ2) is 19.4. The molecule has 3 rings (SSSR count). The van der Waals surface area contributed by atoms with Gasteiger partial charge in [0.05, 0.1) is 0 Å². The maximum absolute atomic E-state index is 4.94. The van der Waals surface area contributed by atoms with Crippen molar-refractivity contribution in [1.82, 2.24) is 0 Å². The van der Waals surface area contributed by atoms with Crippen LogP contribution in [0.1, 0.15) is 12.8 Å². The van der Waals surface area contributed by atoms with E-state index in [1.165, 1.54) is 12.8 Å². The summed E-state index contributed by atoms with van der Waals surface area (Å²) in [6.07, 6.45) is 34.6. The van der Waals surface area contributed by atoms with Crippen LogP contribution in [0.4, 0.5) is 0 Å². The molecule has 3 aliphatic rings. The van der Waals surface area contributed by atoms with Gasteiger partial charge in [-0.1, -0.05) is 24.3 Å². The molecule has 1 saturated heterocycles. The Balaban J connectivity index is 0.000000302. The molecule has 12 radical (unpaired) electrons. The largest absolute Gasteiger partial charge is 0.381 e. The van der Waals surface area contributed by atoms with E-state index in [2.05, 4.69) is 0 Å². The minimum atomic E-state index is 0. The molecule has 0 bridgehead atoms. The average Bonchev–Trinajstić information content (AvgIpc) is 2.96. The number of allylic oxidation sites excluding steroid dienone is 4. The molecule has 2 aliphatic carbocycles. The summed E-state index contributed by atoms with van der Waals surface area (Å²) < 4.78 is 4.94. The summed E-state index contributed by atoms with van der Waals surface area (Å²) in [6.45, 7) is 2.00. The molecule has 2 heteroatoms. The Kier molecular flexibility index (Phi) is 19.7. The van der Waals surface area contributed by atoms with Crippen molar-refractivity contribution in [3.8, 4) is 0 Å². The molecular formula is C20H24OZr. The predicted octanol–water partition coefficient (Wildman–Crippen LogP) is 4.36. The molecule has 1 heterocycles. The molecular weight excluding hydrogens is 347 g/mol. The van der Waals surface area contributed by atoms with Crippen LogP contribution in [0.15, 0.2) is 24.3 Å². The maximum atomic E-state index is 4.94. The van der Waals surface area contributed by atoms with E-state index in [0.717, 1.165) is 13.2 Å². The van der Waals surface area contributed by atoms with Gasteiger partial charge in [0.1, 0.15) is 0 Å². The van der Waals surface area contributed by atoms with Gasteiger partial charge in [0, 0.05) is 39.4 Å². The fourth-order valence-electron chi connectivity index (χ4n) is 1.54. The summed E-state index contributed by atoms with van der Waals surface area (Å²) >= 11 is 0. The minimum absolute atomic E-state index is 0. The molecule has 0 unspecified atom stereocenters. The molecule has 0 atom stereocenters. The molecule has 0 N–H and O–H groups in total. The van der Waals surface area contributed by atoms with Crippen molar-refractivity contribution in [1.29, 1.82) is 0 Å². The van der Waals surface area contributed by atoms with Crippen LogP contribution in [-0.4, -0.2) is 13.2 Å². The van der Waals surface area contributed by atoms with Crippen molar-refractivity contribution in [2.45, 2.75) is 12.8 Å². The molecule has 0 aromatic carbocycles. The van der Waals surface area contributed by atoms with Crippen LogP contribution in [0.3, 0.4) is 0 Å². The molecule has 0 aromatic heterocycles. The van der Waals surface area contributed by atoms with Crippen LogP contribution in [0.5, 0.6) is 0 Å². The zero-order valence-electron chi connectivity index (χ0n) is 13.0. The number of ether oxygens (including phenoxy) is 1. The van der Waals surface area contributed by atoms with Gasteiger partial charge >= 0.3 is 0 Å². The fraction of sp³-hybridized carbons (Fsp3) is 0.200. The normalized spacial score (nSPS) is 24.4. The van der Waals surface area contributed by atoms with Gasteiger partial charge in [-0.2, -0.15) is 0 Å². The fourth-order valence-corrected chi connectivity index (χ4v) is 1.54. The zero-order chi connectivity index (χ0) is 14.8. The Morgan fingerprint density at radius 1 is 0.409 bits per heavy atom. The summed E-state index contributed by atoms with van der Waals surface area (Å²) in [5, 5.41) is 0. The first-order valence-corrected chi connectivity index (χ1v) is 7.41. The van der Waals surface area contributed by atoms with Crippen molar-refractivity contribution >= 4 is 0 Å². The number of rotatable bonds is 0. The van der Waals surface area contributed by atoms with Crippen molar-refractivity contribution in [3.05, 3.63) is 101 Å². The molecule has 0 spiro atoms. The van der Waals surface area contributed by atoms with Crippen LogP contribution in [-0.2, 0) is 30.9 Å². The van der Waals surface area contributed by atoms with Crippen LogP contribution in [0.2, 0.25) is 0 Å². The Morgan fingerprint density at radius 3 is 0.864 bits per heavy atom. The van der Waals surface area contributed by atoms with Crippen LogP contribution in [0, 0.1) is 77.0 Å². The Morgan fingerprint density at radius 2 is 0.682 bits per heavy atom. The van der Waals surface area contributed by atoms with E-state index in [1.54, 1.807) is 0 Å². The van der Waals surface area contributed by atoms with E-state index in [1.807, 2.05) is 101 Å². The third-order valence-corrected chi connectivity index (χ3v) is 2.61. The Labute approximate surface area is 158 Å². The number of hydrogen-bond donors (Lipinski definition) is 0. The molecule has 0 amide bonds. The van der Waals surface area contributed by atoms with E-state index in [9.17, 15) is 0 Å². The first kappa shape index (κ1) is 22.3. The van der Waals surface area contributed by atoms with Crippen LogP contribution in [0.25, 0.3) is 0 Å². The second-order valence-corrected chi connectivity index (χ2v) is 4.40. The molecule has 2 fully saturated rings. The molecule has 22 heavy (non-hydrogen) atoms. The van der Waals surface area contributed by atoms with E-state index in [4.69, 9.17) is 4.74 Å². The summed E-state index contributed by atoms with van der Waals surface area (Å²) in [7, 11) is 0. The van der Waals surface area contributed by atoms with Crippen molar-refractivity contribution in [2.75, 3.05) is 13.2 Å². The first-order chi connectivity index (χ1) is 10.5. The van der Waals surface area contributed by atoms with Gasteiger partial charge in [-0.3, -0.25) is 0 Å². The third-order valence-electron chi connectivity index (χ3n) is 2.61. The van der Waals surface area contributed by atoms with Gasteiger partial charge in [0.25, 0.3) is 0 Å². The van der Waals surface area contributed by atoms with Gasteiger partial charge in [-0.25, -0.2) is 0 Å². The topological polar surface area (TPSA) is 9.23 Å². The standard InChI is InChI=1S/2C8H8.C4H8O.Zr/c2*1-2-4-6-8-7-5-3-1;1-2-4-5-3-1;/h2*1-8H;1-4H2;/b2-1-,8-7-;;;. The molecule has 1 saturated carbocycles. The van der Waals surface area contributed by atoms with Gasteiger partial charge in [-0.15, -0.1) is 0 Å². The van der Waals surface area contributed by atoms with E-state index in [-0.39, 0.29) is 26.2 Å². The van der Waals surface area contributed by atoms with Gasteiger partial charge in [0.15, 0.2) is 0 Å². The van der Waals surface area contributed by atoms with Crippen LogP contribution >= 0.6 is 0 Å². The quantitative estimate of drug-likeness (QED) is 0.615. The smallest absolute Gasteiger partial charge is 0.0466 e. The van der Waals surface area contributed by atoms with Gasteiger partial charge in [-0.05, 0) is 89.9 Å². The van der Waals surface area contributed by atoms with E-state index in [0.29, 0.717) is 0 Å². The summed E-state index contributed by atoms with van der Waals surface area (Å²) in [5.41, 5.74) is 0. The second-order valence-electron chi connectivity index (χ2n) is 4.40. The molecule has 1 aliphatic heterocycles. The Bertz CT molecular complexity index is 199. The van der Waals surface area contributed by atoms with E-state index < -0.39 is 0 Å². The monoisotopic (exact) mass is 370 g/mol. The Hall–Kier alpha value is 0.323. The third kappa shape index (κ3) is 16.7. The van der Waals surface area contributed by atoms with Gasteiger partial charge in [0.2, 0.25) is 0 Å². The SMILES string of the molecule is C1CCOC1.[CH]1[CH]/C=C\[CH][CH]/C=C\1.[CH]1[CH][CH][CH][CH][CH][CH][CH]1.[Zr]. The predicted molar refractivity (Wildman–Crippen MR) is 89.9 cm³/mol. The number of hydrogen-bond acceptors (Lipinski definition) is 1. The summed E-state index contributed by atoms with van der Waals surface area (Å²) in [5.74, 6) is 0. The molecule has 1 nitrogen and oxygen atoms in total. The maximum Gasteiger partial charge on any atom is 0.0466 e. The average molecular weight is 372 g/mol. The molecule has 0 aromatic rings. The van der Waals surface area contributed by atoms with E-state index >= 15 is 0 Å². The van der Waals surface area contributed by atoms with Crippen molar-refractivity contribution < 1.29 is 30.9 Å². The van der Waals surface area contributed by atoms with Crippen molar-refractivity contribution in [2.24, 2.45) is 0 Å². The summed E-state index contributed by atoms with van der Waals surface area (Å²) in [6, 6.07) is 0. The van der Waals surface area contributed by atoms with Gasteiger partial charge < -0.3 is 4.74 Å². The zero-order valence-corrected chi connectivity index (χ0v) is 15.4. The van der Waals surface area contributed by atoms with Crippen molar-refractivity contribution in [3.63, 3.8) is 0 Å².